The molecule has 1 atom stereocenters. The number of H-pyrrole nitrogens is 1. The van der Waals surface area contributed by atoms with Gasteiger partial charge in [-0.2, -0.15) is 0 Å². The summed E-state index contributed by atoms with van der Waals surface area (Å²) in [5, 5.41) is 11.0. The van der Waals surface area contributed by atoms with Crippen LogP contribution in [-0.4, -0.2) is 49.4 Å². The summed E-state index contributed by atoms with van der Waals surface area (Å²) >= 11 is 1.53. The molecule has 3 heterocycles. The van der Waals surface area contributed by atoms with E-state index in [0.29, 0.717) is 17.7 Å². The highest BCUT2D eigenvalue weighted by Gasteiger charge is 2.31. The third-order valence-corrected chi connectivity index (χ3v) is 6.67. The monoisotopic (exact) mass is 395 g/mol. The zero-order valence-corrected chi connectivity index (χ0v) is 16.9. The van der Waals surface area contributed by atoms with Crippen LogP contribution in [0.5, 0.6) is 0 Å². The summed E-state index contributed by atoms with van der Waals surface area (Å²) in [4.78, 5) is 18.0. The number of aromatic amines is 1. The van der Waals surface area contributed by atoms with E-state index in [9.17, 15) is 4.79 Å². The molecule has 146 valence electrons. The van der Waals surface area contributed by atoms with Crippen molar-refractivity contribution in [3.05, 3.63) is 30.5 Å². The number of hydrogen-bond acceptors (Lipinski definition) is 4. The third-order valence-electron chi connectivity index (χ3n) is 5.74. The summed E-state index contributed by atoms with van der Waals surface area (Å²) in [5.41, 5.74) is 2.18. The number of amides is 1. The molecule has 1 aliphatic heterocycles. The third kappa shape index (κ3) is 3.32. The van der Waals surface area contributed by atoms with Gasteiger partial charge in [0.05, 0.1) is 5.75 Å². The van der Waals surface area contributed by atoms with Crippen molar-refractivity contribution < 1.29 is 4.79 Å². The van der Waals surface area contributed by atoms with Crippen LogP contribution in [0.25, 0.3) is 22.3 Å². The molecule has 2 aromatic heterocycles. The zero-order chi connectivity index (χ0) is 19.1. The van der Waals surface area contributed by atoms with Crippen LogP contribution in [0.3, 0.4) is 0 Å². The second-order valence-electron chi connectivity index (χ2n) is 8.03. The lowest BCUT2D eigenvalue weighted by Crippen LogP contribution is -2.40. The van der Waals surface area contributed by atoms with Crippen molar-refractivity contribution >= 4 is 28.6 Å². The minimum atomic E-state index is 0.218. The molecular weight excluding hydrogens is 370 g/mol. The van der Waals surface area contributed by atoms with Gasteiger partial charge in [0.1, 0.15) is 0 Å². The van der Waals surface area contributed by atoms with Gasteiger partial charge in [-0.25, -0.2) is 0 Å². The molecule has 0 radical (unpaired) electrons. The molecule has 1 aliphatic carbocycles. The maximum atomic E-state index is 12.7. The van der Waals surface area contributed by atoms with Crippen molar-refractivity contribution in [2.24, 2.45) is 5.92 Å². The number of carbonyl (C=O) groups excluding carboxylic acids is 1. The van der Waals surface area contributed by atoms with Gasteiger partial charge in [0.2, 0.25) is 5.91 Å². The Bertz CT molecular complexity index is 1010. The predicted octanol–water partition coefficient (Wildman–Crippen LogP) is 4.11. The van der Waals surface area contributed by atoms with Gasteiger partial charge in [-0.05, 0) is 37.7 Å². The number of thioether (sulfide) groups is 1. The van der Waals surface area contributed by atoms with E-state index in [1.807, 2.05) is 23.2 Å². The van der Waals surface area contributed by atoms with Crippen molar-refractivity contribution in [2.75, 3.05) is 18.8 Å². The minimum Gasteiger partial charge on any atom is -0.360 e. The van der Waals surface area contributed by atoms with Crippen LogP contribution in [0.15, 0.2) is 35.6 Å². The molecule has 1 saturated carbocycles. The number of para-hydroxylation sites is 1. The molecule has 1 amide bonds. The SMILES string of the molecule is CC1CCCN(C(=O)CSc2nnc(-c3c[nH]c4ccccc34)n2C2CC2)C1. The Balaban J connectivity index is 1.38. The number of nitrogens with one attached hydrogen (secondary N) is 1. The maximum absolute atomic E-state index is 12.7. The van der Waals surface area contributed by atoms with E-state index in [-0.39, 0.29) is 5.91 Å². The van der Waals surface area contributed by atoms with Crippen molar-refractivity contribution in [2.45, 2.75) is 43.8 Å². The molecule has 1 saturated heterocycles. The molecule has 1 N–H and O–H groups in total. The number of likely N-dealkylation sites (tertiary alicyclic amines) is 1. The van der Waals surface area contributed by atoms with Crippen LogP contribution in [0.2, 0.25) is 0 Å². The first-order valence-electron chi connectivity index (χ1n) is 10.1. The fourth-order valence-corrected chi connectivity index (χ4v) is 5.02. The highest BCUT2D eigenvalue weighted by molar-refractivity contribution is 7.99. The molecule has 3 aromatic rings. The molecule has 1 aromatic carbocycles. The Kier molecular flexibility index (Phi) is 4.62. The fourth-order valence-electron chi connectivity index (χ4n) is 4.11. The van der Waals surface area contributed by atoms with E-state index in [1.54, 1.807) is 0 Å². The Hall–Kier alpha value is -2.28. The summed E-state index contributed by atoms with van der Waals surface area (Å²) < 4.78 is 2.24. The van der Waals surface area contributed by atoms with Gasteiger partial charge in [-0.1, -0.05) is 36.9 Å². The highest BCUT2D eigenvalue weighted by Crippen LogP contribution is 2.42. The Morgan fingerprint density at radius 1 is 1.25 bits per heavy atom. The number of rotatable bonds is 5. The first-order chi connectivity index (χ1) is 13.7. The topological polar surface area (TPSA) is 66.8 Å². The number of piperidine rings is 1. The normalized spacial score (nSPS) is 20.0. The lowest BCUT2D eigenvalue weighted by atomic mass is 10.0. The van der Waals surface area contributed by atoms with E-state index in [0.717, 1.165) is 59.8 Å². The van der Waals surface area contributed by atoms with Crippen LogP contribution in [0.4, 0.5) is 0 Å². The van der Waals surface area contributed by atoms with Crippen molar-refractivity contribution in [3.63, 3.8) is 0 Å². The summed E-state index contributed by atoms with van der Waals surface area (Å²) in [6.07, 6.45) is 6.65. The van der Waals surface area contributed by atoms with Crippen molar-refractivity contribution in [1.82, 2.24) is 24.6 Å². The molecule has 5 rings (SSSR count). The molecule has 6 nitrogen and oxygen atoms in total. The van der Waals surface area contributed by atoms with Crippen molar-refractivity contribution in [1.29, 1.82) is 0 Å². The number of benzene rings is 1. The molecule has 7 heteroatoms. The molecule has 0 bridgehead atoms. The van der Waals surface area contributed by atoms with E-state index >= 15 is 0 Å². The largest absolute Gasteiger partial charge is 0.360 e. The van der Waals surface area contributed by atoms with Gasteiger partial charge in [0, 0.05) is 41.8 Å². The standard InChI is InChI=1S/C21H25N5OS/c1-14-5-4-10-25(12-14)19(27)13-28-21-24-23-20(26(21)15-8-9-15)17-11-22-18-7-3-2-6-16(17)18/h2-3,6-7,11,14-15,22H,4-5,8-10,12-13H2,1H3. The van der Waals surface area contributed by atoms with Crippen molar-refractivity contribution in [3.8, 4) is 11.4 Å². The van der Waals surface area contributed by atoms with Crippen LogP contribution < -0.4 is 0 Å². The van der Waals surface area contributed by atoms with E-state index in [1.165, 1.54) is 18.2 Å². The second kappa shape index (κ2) is 7.28. The Morgan fingerprint density at radius 3 is 2.93 bits per heavy atom. The predicted molar refractivity (Wildman–Crippen MR) is 111 cm³/mol. The van der Waals surface area contributed by atoms with Crippen LogP contribution >= 0.6 is 11.8 Å². The van der Waals surface area contributed by atoms with Crippen LogP contribution in [-0.2, 0) is 4.79 Å². The molecule has 28 heavy (non-hydrogen) atoms. The minimum absolute atomic E-state index is 0.218. The second-order valence-corrected chi connectivity index (χ2v) is 8.97. The van der Waals surface area contributed by atoms with Crippen LogP contribution in [0, 0.1) is 5.92 Å². The zero-order valence-electron chi connectivity index (χ0n) is 16.1. The molecule has 2 aliphatic rings. The number of aromatic nitrogens is 4. The summed E-state index contributed by atoms with van der Waals surface area (Å²) in [6.45, 7) is 4.00. The van der Waals surface area contributed by atoms with Gasteiger partial charge in [-0.3, -0.25) is 9.36 Å². The number of nitrogens with zero attached hydrogens (tertiary/aromatic N) is 4. The fraction of sp³-hybridized carbons (Fsp3) is 0.476. The van der Waals surface area contributed by atoms with Gasteiger partial charge >= 0.3 is 0 Å². The Labute approximate surface area is 168 Å². The number of hydrogen-bond donors (Lipinski definition) is 1. The molecule has 2 fully saturated rings. The smallest absolute Gasteiger partial charge is 0.233 e. The van der Waals surface area contributed by atoms with Gasteiger partial charge < -0.3 is 9.88 Å². The first kappa shape index (κ1) is 17.8. The lowest BCUT2D eigenvalue weighted by molar-refractivity contribution is -0.130. The lowest BCUT2D eigenvalue weighted by Gasteiger charge is -2.30. The molecule has 1 unspecified atom stereocenters. The van der Waals surface area contributed by atoms with Gasteiger partial charge in [0.15, 0.2) is 11.0 Å². The van der Waals surface area contributed by atoms with Gasteiger partial charge in [-0.15, -0.1) is 10.2 Å². The van der Waals surface area contributed by atoms with E-state index < -0.39 is 0 Å². The van der Waals surface area contributed by atoms with Crippen LogP contribution in [0.1, 0.15) is 38.6 Å². The summed E-state index contributed by atoms with van der Waals surface area (Å²) in [5.74, 6) is 2.16. The average Bonchev–Trinajstić information content (AvgIpc) is 3.32. The number of carbonyl (C=O) groups is 1. The highest BCUT2D eigenvalue weighted by atomic mass is 32.2. The summed E-state index contributed by atoms with van der Waals surface area (Å²) in [6, 6.07) is 8.71. The first-order valence-corrected chi connectivity index (χ1v) is 11.1. The number of fused-ring (bicyclic) bond motifs is 1. The average molecular weight is 396 g/mol. The summed E-state index contributed by atoms with van der Waals surface area (Å²) in [7, 11) is 0. The quantitative estimate of drug-likeness (QED) is 0.660. The maximum Gasteiger partial charge on any atom is 0.233 e. The van der Waals surface area contributed by atoms with E-state index in [4.69, 9.17) is 0 Å². The van der Waals surface area contributed by atoms with E-state index in [2.05, 4.69) is 38.8 Å². The molecular formula is C21H25N5OS. The Morgan fingerprint density at radius 2 is 2.11 bits per heavy atom. The molecule has 0 spiro atoms. The van der Waals surface area contributed by atoms with Gasteiger partial charge in [0.25, 0.3) is 0 Å².